The molecule has 1 aromatic carbocycles. The van der Waals surface area contributed by atoms with Crippen molar-refractivity contribution in [2.45, 2.75) is 32.1 Å². The lowest BCUT2D eigenvalue weighted by Gasteiger charge is -2.25. The molecule has 1 aliphatic rings. The molecule has 1 aliphatic heterocycles. The van der Waals surface area contributed by atoms with Gasteiger partial charge in [0.25, 0.3) is 5.69 Å². The molecule has 0 aromatic heterocycles. The van der Waals surface area contributed by atoms with E-state index in [1.54, 1.807) is 12.1 Å². The molecular weight excluding hydrogens is 204 g/mol. The predicted octanol–water partition coefficient (Wildman–Crippen LogP) is 3.08. The number of hydrogen-bond donors (Lipinski definition) is 1. The van der Waals surface area contributed by atoms with Gasteiger partial charge in [0, 0.05) is 18.0 Å². The minimum absolute atomic E-state index is 0.0708. The summed E-state index contributed by atoms with van der Waals surface area (Å²) in [5, 5.41) is 14.1. The molecule has 1 N–H and O–H groups in total. The molecule has 0 spiro atoms. The van der Waals surface area contributed by atoms with Crippen molar-refractivity contribution in [1.29, 1.82) is 0 Å². The van der Waals surface area contributed by atoms with Gasteiger partial charge in [-0.15, -0.1) is 0 Å². The van der Waals surface area contributed by atoms with Crippen molar-refractivity contribution >= 4 is 11.4 Å². The number of nitro benzene ring substituents is 1. The maximum absolute atomic E-state index is 10.9. The number of anilines is 1. The van der Waals surface area contributed by atoms with Gasteiger partial charge in [0.05, 0.1) is 4.92 Å². The van der Waals surface area contributed by atoms with Gasteiger partial charge in [-0.2, -0.15) is 0 Å². The van der Waals surface area contributed by atoms with E-state index < -0.39 is 0 Å². The van der Waals surface area contributed by atoms with Crippen LogP contribution in [0.25, 0.3) is 0 Å². The highest BCUT2D eigenvalue weighted by Crippen LogP contribution is 2.45. The van der Waals surface area contributed by atoms with Crippen LogP contribution in [-0.4, -0.2) is 11.5 Å². The second-order valence-electron chi connectivity index (χ2n) is 4.30. The third kappa shape index (κ3) is 1.37. The number of rotatable bonds is 3. The summed E-state index contributed by atoms with van der Waals surface area (Å²) in [6.45, 7) is 5.08. The van der Waals surface area contributed by atoms with Gasteiger partial charge in [0.2, 0.25) is 0 Å². The molecule has 0 saturated heterocycles. The molecule has 0 radical (unpaired) electrons. The zero-order valence-electron chi connectivity index (χ0n) is 9.62. The van der Waals surface area contributed by atoms with Crippen LogP contribution in [-0.2, 0) is 5.41 Å². The number of nitrogens with zero attached hydrogens (tertiary/aromatic N) is 1. The zero-order chi connectivity index (χ0) is 11.8. The first-order valence-electron chi connectivity index (χ1n) is 5.66. The highest BCUT2D eigenvalue weighted by Gasteiger charge is 2.38. The molecule has 4 nitrogen and oxygen atoms in total. The third-order valence-corrected chi connectivity index (χ3v) is 3.77. The van der Waals surface area contributed by atoms with Crippen LogP contribution in [0.1, 0.15) is 32.3 Å². The van der Waals surface area contributed by atoms with Gasteiger partial charge in [-0.05, 0) is 18.4 Å². The minimum atomic E-state index is -0.312. The highest BCUT2D eigenvalue weighted by molar-refractivity contribution is 5.72. The quantitative estimate of drug-likeness (QED) is 0.629. The molecule has 1 heterocycles. The van der Waals surface area contributed by atoms with Gasteiger partial charge < -0.3 is 5.32 Å². The minimum Gasteiger partial charge on any atom is -0.378 e. The molecule has 0 saturated carbocycles. The molecule has 4 heteroatoms. The highest BCUT2D eigenvalue weighted by atomic mass is 16.6. The van der Waals surface area contributed by atoms with E-state index in [9.17, 15) is 10.1 Å². The lowest BCUT2D eigenvalue weighted by Crippen LogP contribution is -2.26. The normalized spacial score (nSPS) is 16.6. The molecule has 0 bridgehead atoms. The van der Waals surface area contributed by atoms with E-state index in [1.165, 1.54) is 0 Å². The lowest BCUT2D eigenvalue weighted by molar-refractivity contribution is -0.383. The third-order valence-electron chi connectivity index (χ3n) is 3.77. The van der Waals surface area contributed by atoms with Gasteiger partial charge in [-0.25, -0.2) is 0 Å². The summed E-state index contributed by atoms with van der Waals surface area (Å²) in [6.07, 6.45) is 2.01. The van der Waals surface area contributed by atoms with Crippen LogP contribution >= 0.6 is 0 Å². The van der Waals surface area contributed by atoms with Gasteiger partial charge >= 0.3 is 0 Å². The first-order chi connectivity index (χ1) is 7.64. The Hall–Kier alpha value is -1.58. The molecule has 0 aliphatic carbocycles. The van der Waals surface area contributed by atoms with Crippen molar-refractivity contribution in [3.63, 3.8) is 0 Å². The van der Waals surface area contributed by atoms with Crippen molar-refractivity contribution < 1.29 is 4.92 Å². The molecular formula is C12H16N2O2. The van der Waals surface area contributed by atoms with Crippen LogP contribution in [0.5, 0.6) is 0 Å². The summed E-state index contributed by atoms with van der Waals surface area (Å²) in [7, 11) is 0. The fourth-order valence-corrected chi connectivity index (χ4v) is 2.55. The van der Waals surface area contributed by atoms with E-state index in [0.717, 1.165) is 30.6 Å². The summed E-state index contributed by atoms with van der Waals surface area (Å²) in [5.74, 6) is 0. The SMILES string of the molecule is CCC1(CC)CNc2c([N+](=O)[O-])cccc21. The van der Waals surface area contributed by atoms with Gasteiger partial charge in [-0.3, -0.25) is 10.1 Å². The van der Waals surface area contributed by atoms with Crippen molar-refractivity contribution in [3.8, 4) is 0 Å². The Morgan fingerprint density at radius 3 is 2.69 bits per heavy atom. The van der Waals surface area contributed by atoms with Crippen LogP contribution in [0.2, 0.25) is 0 Å². The van der Waals surface area contributed by atoms with E-state index in [0.29, 0.717) is 0 Å². The van der Waals surface area contributed by atoms with Crippen LogP contribution in [0, 0.1) is 10.1 Å². The molecule has 0 atom stereocenters. The van der Waals surface area contributed by atoms with Crippen LogP contribution in [0.15, 0.2) is 18.2 Å². The first-order valence-corrected chi connectivity index (χ1v) is 5.66. The van der Waals surface area contributed by atoms with E-state index >= 15 is 0 Å². The Morgan fingerprint density at radius 1 is 1.44 bits per heavy atom. The summed E-state index contributed by atoms with van der Waals surface area (Å²) in [4.78, 5) is 10.6. The summed E-state index contributed by atoms with van der Waals surface area (Å²) < 4.78 is 0. The smallest absolute Gasteiger partial charge is 0.292 e. The van der Waals surface area contributed by atoms with Crippen molar-refractivity contribution in [1.82, 2.24) is 0 Å². The average molecular weight is 220 g/mol. The maximum Gasteiger partial charge on any atom is 0.292 e. The molecule has 16 heavy (non-hydrogen) atoms. The average Bonchev–Trinajstić information content (AvgIpc) is 2.68. The van der Waals surface area contributed by atoms with Crippen LogP contribution < -0.4 is 5.32 Å². The second kappa shape index (κ2) is 3.77. The molecule has 86 valence electrons. The molecule has 0 amide bonds. The summed E-state index contributed by atoms with van der Waals surface area (Å²) in [5.41, 5.74) is 2.09. The number of nitro groups is 1. The van der Waals surface area contributed by atoms with Gasteiger partial charge in [0.1, 0.15) is 5.69 Å². The number of para-hydroxylation sites is 1. The Kier molecular flexibility index (Phi) is 2.58. The summed E-state index contributed by atoms with van der Waals surface area (Å²) >= 11 is 0. The second-order valence-corrected chi connectivity index (χ2v) is 4.30. The van der Waals surface area contributed by atoms with Crippen molar-refractivity contribution in [2.75, 3.05) is 11.9 Å². The van der Waals surface area contributed by atoms with Crippen LogP contribution in [0.3, 0.4) is 0 Å². The first kappa shape index (κ1) is 10.9. The Balaban J connectivity index is 2.57. The van der Waals surface area contributed by atoms with E-state index in [2.05, 4.69) is 19.2 Å². The number of fused-ring (bicyclic) bond motifs is 1. The lowest BCUT2D eigenvalue weighted by atomic mass is 9.77. The van der Waals surface area contributed by atoms with Crippen LogP contribution in [0.4, 0.5) is 11.4 Å². The summed E-state index contributed by atoms with van der Waals surface area (Å²) in [6, 6.07) is 5.35. The van der Waals surface area contributed by atoms with Crippen molar-refractivity contribution in [2.24, 2.45) is 0 Å². The topological polar surface area (TPSA) is 55.2 Å². The van der Waals surface area contributed by atoms with Gasteiger partial charge in [0.15, 0.2) is 0 Å². The number of hydrogen-bond acceptors (Lipinski definition) is 3. The Labute approximate surface area is 94.8 Å². The monoisotopic (exact) mass is 220 g/mol. The zero-order valence-corrected chi connectivity index (χ0v) is 9.62. The molecule has 0 fully saturated rings. The van der Waals surface area contributed by atoms with Crippen molar-refractivity contribution in [3.05, 3.63) is 33.9 Å². The molecule has 0 unspecified atom stereocenters. The van der Waals surface area contributed by atoms with E-state index in [4.69, 9.17) is 0 Å². The fraction of sp³-hybridized carbons (Fsp3) is 0.500. The predicted molar refractivity (Wildman–Crippen MR) is 63.8 cm³/mol. The fourth-order valence-electron chi connectivity index (χ4n) is 2.55. The van der Waals surface area contributed by atoms with E-state index in [-0.39, 0.29) is 16.0 Å². The Morgan fingerprint density at radius 2 is 2.12 bits per heavy atom. The largest absolute Gasteiger partial charge is 0.378 e. The maximum atomic E-state index is 10.9. The number of benzene rings is 1. The molecule has 2 rings (SSSR count). The number of nitrogens with one attached hydrogen (secondary N) is 1. The standard InChI is InChI=1S/C12H16N2O2/c1-3-12(4-2)8-13-11-9(12)6-5-7-10(11)14(15)16/h5-7,13H,3-4,8H2,1-2H3. The van der Waals surface area contributed by atoms with Gasteiger partial charge in [-0.1, -0.05) is 26.0 Å². The Bertz CT molecular complexity index is 425. The van der Waals surface area contributed by atoms with E-state index in [1.807, 2.05) is 6.07 Å². The molecule has 1 aromatic rings.